The molecule has 1 N–H and O–H groups in total. The fourth-order valence-electron chi connectivity index (χ4n) is 1.10. The van der Waals surface area contributed by atoms with Crippen molar-refractivity contribution in [1.82, 2.24) is 4.98 Å². The minimum atomic E-state index is -0.841. The number of hydrogen-bond donors (Lipinski definition) is 1. The van der Waals surface area contributed by atoms with Crippen LogP contribution >= 0.6 is 23.1 Å². The third-order valence-corrected chi connectivity index (χ3v) is 3.80. The molecule has 1 aromatic rings. The highest BCUT2D eigenvalue weighted by Gasteiger charge is 2.06. The van der Waals surface area contributed by atoms with E-state index >= 15 is 0 Å². The third-order valence-electron chi connectivity index (χ3n) is 1.77. The van der Waals surface area contributed by atoms with Crippen LogP contribution in [0.4, 0.5) is 0 Å². The van der Waals surface area contributed by atoms with Crippen molar-refractivity contribution in [2.75, 3.05) is 19.0 Å². The number of hydrogen-bond acceptors (Lipinski definition) is 5. The Labute approximate surface area is 109 Å². The van der Waals surface area contributed by atoms with Crippen LogP contribution in [-0.2, 0) is 16.0 Å². The summed E-state index contributed by atoms with van der Waals surface area (Å²) in [6, 6.07) is 0. The zero-order valence-electron chi connectivity index (χ0n) is 10.0. The van der Waals surface area contributed by atoms with Crippen LogP contribution in [0.25, 0.3) is 0 Å². The molecule has 6 heteroatoms. The van der Waals surface area contributed by atoms with E-state index in [0.29, 0.717) is 18.2 Å². The van der Waals surface area contributed by atoms with Gasteiger partial charge in [-0.15, -0.1) is 11.3 Å². The van der Waals surface area contributed by atoms with Gasteiger partial charge in [0, 0.05) is 17.7 Å². The number of ether oxygens (including phenoxy) is 1. The molecule has 0 fully saturated rings. The number of carbonyl (C=O) groups is 1. The van der Waals surface area contributed by atoms with Gasteiger partial charge in [-0.05, 0) is 5.92 Å². The van der Waals surface area contributed by atoms with Gasteiger partial charge in [0.25, 0.3) is 0 Å². The lowest BCUT2D eigenvalue weighted by Crippen LogP contribution is -2.04. The Morgan fingerprint density at radius 2 is 2.41 bits per heavy atom. The van der Waals surface area contributed by atoms with Gasteiger partial charge in [0.2, 0.25) is 0 Å². The molecular weight excluding hydrogens is 258 g/mol. The number of aliphatic carboxylic acids is 1. The second kappa shape index (κ2) is 7.68. The zero-order chi connectivity index (χ0) is 12.7. The number of rotatable bonds is 8. The number of nitrogens with zero attached hydrogens (tertiary/aromatic N) is 1. The van der Waals surface area contributed by atoms with Crippen LogP contribution in [0.5, 0.6) is 0 Å². The molecule has 0 saturated heterocycles. The number of aromatic nitrogens is 1. The first kappa shape index (κ1) is 14.5. The lowest BCUT2D eigenvalue weighted by Gasteiger charge is -2.05. The fraction of sp³-hybridized carbons (Fsp3) is 0.636. The average molecular weight is 275 g/mol. The monoisotopic (exact) mass is 275 g/mol. The second-order valence-corrected chi connectivity index (χ2v) is 6.19. The van der Waals surface area contributed by atoms with Crippen LogP contribution < -0.4 is 0 Å². The Kier molecular flexibility index (Phi) is 6.54. The molecule has 0 atom stereocenters. The molecule has 1 aromatic heterocycles. The van der Waals surface area contributed by atoms with E-state index in [4.69, 9.17) is 9.84 Å². The van der Waals surface area contributed by atoms with Crippen molar-refractivity contribution in [3.63, 3.8) is 0 Å². The van der Waals surface area contributed by atoms with Gasteiger partial charge < -0.3 is 9.84 Å². The first-order chi connectivity index (χ1) is 8.08. The highest BCUT2D eigenvalue weighted by molar-refractivity contribution is 8.01. The zero-order valence-corrected chi connectivity index (χ0v) is 11.6. The first-order valence-corrected chi connectivity index (χ1v) is 7.31. The van der Waals surface area contributed by atoms with Crippen LogP contribution in [0, 0.1) is 5.92 Å². The summed E-state index contributed by atoms with van der Waals surface area (Å²) in [7, 11) is 0. The minimum Gasteiger partial charge on any atom is -0.481 e. The highest BCUT2D eigenvalue weighted by Crippen LogP contribution is 2.22. The maximum Gasteiger partial charge on any atom is 0.309 e. The standard InChI is InChI=1S/C11H17NO3S2/c1-8(2)6-15-3-4-16-11-12-9(7-17-11)5-10(13)14/h7-8H,3-6H2,1-2H3,(H,13,14). The molecule has 1 heterocycles. The van der Waals surface area contributed by atoms with Crippen LogP contribution in [-0.4, -0.2) is 35.0 Å². The summed E-state index contributed by atoms with van der Waals surface area (Å²) in [6.07, 6.45) is 0.000902. The molecule has 0 radical (unpaired) electrons. The van der Waals surface area contributed by atoms with E-state index in [9.17, 15) is 4.79 Å². The summed E-state index contributed by atoms with van der Waals surface area (Å²) < 4.78 is 6.36. The minimum absolute atomic E-state index is 0.000902. The van der Waals surface area contributed by atoms with Crippen LogP contribution in [0.2, 0.25) is 0 Å². The van der Waals surface area contributed by atoms with E-state index in [1.807, 2.05) is 0 Å². The van der Waals surface area contributed by atoms with Gasteiger partial charge in [-0.1, -0.05) is 25.6 Å². The van der Waals surface area contributed by atoms with Gasteiger partial charge in [0.15, 0.2) is 0 Å². The predicted octanol–water partition coefficient (Wildman–Crippen LogP) is 2.53. The molecule has 0 amide bonds. The van der Waals surface area contributed by atoms with E-state index in [1.54, 1.807) is 17.1 Å². The fourth-order valence-corrected chi connectivity index (χ4v) is 2.86. The number of carboxylic acids is 1. The Balaban J connectivity index is 2.18. The highest BCUT2D eigenvalue weighted by atomic mass is 32.2. The Morgan fingerprint density at radius 3 is 3.06 bits per heavy atom. The summed E-state index contributed by atoms with van der Waals surface area (Å²) >= 11 is 3.10. The Hall–Kier alpha value is -0.590. The molecule has 0 aromatic carbocycles. The summed E-state index contributed by atoms with van der Waals surface area (Å²) in [5, 5.41) is 10.4. The van der Waals surface area contributed by atoms with Crippen molar-refractivity contribution < 1.29 is 14.6 Å². The predicted molar refractivity (Wildman–Crippen MR) is 69.8 cm³/mol. The largest absolute Gasteiger partial charge is 0.481 e. The van der Waals surface area contributed by atoms with E-state index in [-0.39, 0.29) is 6.42 Å². The van der Waals surface area contributed by atoms with Crippen molar-refractivity contribution in [2.45, 2.75) is 24.6 Å². The van der Waals surface area contributed by atoms with Gasteiger partial charge in [0.05, 0.1) is 18.7 Å². The topological polar surface area (TPSA) is 59.4 Å². The van der Waals surface area contributed by atoms with Crippen molar-refractivity contribution in [1.29, 1.82) is 0 Å². The SMILES string of the molecule is CC(C)COCCSc1nc(CC(=O)O)cs1. The molecule has 17 heavy (non-hydrogen) atoms. The maximum atomic E-state index is 10.5. The summed E-state index contributed by atoms with van der Waals surface area (Å²) in [5.74, 6) is 0.571. The summed E-state index contributed by atoms with van der Waals surface area (Å²) in [6.45, 7) is 5.72. The Morgan fingerprint density at radius 1 is 1.65 bits per heavy atom. The molecule has 1 rings (SSSR count). The molecule has 96 valence electrons. The molecule has 4 nitrogen and oxygen atoms in total. The van der Waals surface area contributed by atoms with Crippen molar-refractivity contribution in [2.24, 2.45) is 5.92 Å². The number of thioether (sulfide) groups is 1. The van der Waals surface area contributed by atoms with Gasteiger partial charge in [-0.2, -0.15) is 0 Å². The Bertz CT molecular complexity index is 352. The number of carboxylic acid groups (broad SMARTS) is 1. The van der Waals surface area contributed by atoms with E-state index in [1.165, 1.54) is 11.3 Å². The third kappa shape index (κ3) is 6.65. The molecule has 0 aliphatic rings. The lowest BCUT2D eigenvalue weighted by molar-refractivity contribution is -0.136. The smallest absolute Gasteiger partial charge is 0.309 e. The van der Waals surface area contributed by atoms with Gasteiger partial charge in [0.1, 0.15) is 4.34 Å². The molecule has 0 saturated carbocycles. The molecule has 0 bridgehead atoms. The molecule has 0 unspecified atom stereocenters. The van der Waals surface area contributed by atoms with Crippen LogP contribution in [0.1, 0.15) is 19.5 Å². The second-order valence-electron chi connectivity index (χ2n) is 3.99. The van der Waals surface area contributed by atoms with Crippen LogP contribution in [0.3, 0.4) is 0 Å². The van der Waals surface area contributed by atoms with E-state index in [0.717, 1.165) is 16.7 Å². The number of thiazole rings is 1. The molecule has 0 spiro atoms. The molecule has 0 aliphatic carbocycles. The average Bonchev–Trinajstić information content (AvgIpc) is 2.63. The van der Waals surface area contributed by atoms with Gasteiger partial charge in [-0.3, -0.25) is 4.79 Å². The van der Waals surface area contributed by atoms with Crippen molar-refractivity contribution in [3.05, 3.63) is 11.1 Å². The maximum absolute atomic E-state index is 10.5. The van der Waals surface area contributed by atoms with Gasteiger partial charge in [-0.25, -0.2) is 4.98 Å². The first-order valence-electron chi connectivity index (χ1n) is 5.44. The van der Waals surface area contributed by atoms with E-state index < -0.39 is 5.97 Å². The summed E-state index contributed by atoms with van der Waals surface area (Å²) in [5.41, 5.74) is 0.632. The normalized spacial score (nSPS) is 11.0. The molecule has 0 aliphatic heterocycles. The van der Waals surface area contributed by atoms with Gasteiger partial charge >= 0.3 is 5.97 Å². The molecular formula is C11H17NO3S2. The van der Waals surface area contributed by atoms with E-state index in [2.05, 4.69) is 18.8 Å². The van der Waals surface area contributed by atoms with Crippen LogP contribution in [0.15, 0.2) is 9.72 Å². The van der Waals surface area contributed by atoms with Crippen molar-refractivity contribution >= 4 is 29.1 Å². The quantitative estimate of drug-likeness (QED) is 0.583. The van der Waals surface area contributed by atoms with Crippen molar-refractivity contribution in [3.8, 4) is 0 Å². The summed E-state index contributed by atoms with van der Waals surface area (Å²) in [4.78, 5) is 14.7. The lowest BCUT2D eigenvalue weighted by atomic mass is 10.2.